The molecule has 1 aliphatic rings. The van der Waals surface area contributed by atoms with Crippen LogP contribution in [0, 0.1) is 0 Å². The van der Waals surface area contributed by atoms with Gasteiger partial charge in [-0.2, -0.15) is 13.2 Å². The number of benzene rings is 1. The lowest BCUT2D eigenvalue weighted by atomic mass is 10.0. The maximum absolute atomic E-state index is 12.8. The van der Waals surface area contributed by atoms with E-state index >= 15 is 0 Å². The number of carboxylic acid groups (broad SMARTS) is 1. The van der Waals surface area contributed by atoms with Gasteiger partial charge in [-0.25, -0.2) is 4.79 Å². The third-order valence-corrected chi connectivity index (χ3v) is 3.72. The molecule has 1 atom stereocenters. The molecule has 1 unspecified atom stereocenters. The molecule has 0 bridgehead atoms. The lowest BCUT2D eigenvalue weighted by molar-refractivity contribution is -0.138. The first kappa shape index (κ1) is 14.7. The lowest BCUT2D eigenvalue weighted by Crippen LogP contribution is -2.28. The van der Waals surface area contributed by atoms with Crippen LogP contribution in [0.25, 0.3) is 0 Å². The van der Waals surface area contributed by atoms with E-state index in [4.69, 9.17) is 5.11 Å². The standard InChI is InChI=1S/C14H16F3NO2/c1-2-9-4-3-7-18(9)10-5-6-12(14(15,16)17)11(8-10)13(19)20/h5-6,8-9H,2-4,7H2,1H3,(H,19,20). The average Bonchev–Trinajstić information content (AvgIpc) is 2.85. The van der Waals surface area contributed by atoms with Crippen molar-refractivity contribution in [1.29, 1.82) is 0 Å². The number of carbonyl (C=O) groups is 1. The van der Waals surface area contributed by atoms with Gasteiger partial charge in [-0.3, -0.25) is 0 Å². The Morgan fingerprint density at radius 2 is 2.15 bits per heavy atom. The number of hydrogen-bond acceptors (Lipinski definition) is 2. The number of rotatable bonds is 3. The molecule has 1 aliphatic heterocycles. The number of aromatic carboxylic acids is 1. The molecule has 0 amide bonds. The van der Waals surface area contributed by atoms with E-state index in [-0.39, 0.29) is 6.04 Å². The molecule has 1 aromatic rings. The van der Waals surface area contributed by atoms with Gasteiger partial charge in [-0.05, 0) is 37.5 Å². The van der Waals surface area contributed by atoms with Gasteiger partial charge in [0.25, 0.3) is 0 Å². The number of hydrogen-bond donors (Lipinski definition) is 1. The quantitative estimate of drug-likeness (QED) is 0.919. The SMILES string of the molecule is CCC1CCCN1c1ccc(C(F)(F)F)c(C(=O)O)c1. The van der Waals surface area contributed by atoms with Gasteiger partial charge in [-0.1, -0.05) is 6.92 Å². The molecule has 1 saturated heterocycles. The summed E-state index contributed by atoms with van der Waals surface area (Å²) in [5.74, 6) is -1.55. The number of carboxylic acids is 1. The Labute approximate surface area is 115 Å². The monoisotopic (exact) mass is 287 g/mol. The molecule has 0 saturated carbocycles. The molecular weight excluding hydrogens is 271 g/mol. The van der Waals surface area contributed by atoms with E-state index < -0.39 is 23.3 Å². The fraction of sp³-hybridized carbons (Fsp3) is 0.500. The minimum Gasteiger partial charge on any atom is -0.478 e. The van der Waals surface area contributed by atoms with Crippen molar-refractivity contribution in [1.82, 2.24) is 0 Å². The topological polar surface area (TPSA) is 40.5 Å². The maximum Gasteiger partial charge on any atom is 0.417 e. The Morgan fingerprint density at radius 3 is 2.70 bits per heavy atom. The van der Waals surface area contributed by atoms with E-state index in [1.165, 1.54) is 6.07 Å². The normalized spacial score (nSPS) is 19.4. The van der Waals surface area contributed by atoms with Crippen molar-refractivity contribution in [2.24, 2.45) is 0 Å². The van der Waals surface area contributed by atoms with Gasteiger partial charge in [0.15, 0.2) is 0 Å². The van der Waals surface area contributed by atoms with Crippen LogP contribution in [0.3, 0.4) is 0 Å². The predicted molar refractivity (Wildman–Crippen MR) is 69.1 cm³/mol. The van der Waals surface area contributed by atoms with Gasteiger partial charge < -0.3 is 10.0 Å². The molecule has 110 valence electrons. The summed E-state index contributed by atoms with van der Waals surface area (Å²) in [6, 6.07) is 3.64. The fourth-order valence-electron chi connectivity index (χ4n) is 2.74. The molecule has 0 aliphatic carbocycles. The van der Waals surface area contributed by atoms with Crippen LogP contribution < -0.4 is 4.90 Å². The van der Waals surface area contributed by atoms with Crippen LogP contribution in [0.1, 0.15) is 42.1 Å². The third-order valence-electron chi connectivity index (χ3n) is 3.72. The molecule has 1 fully saturated rings. The summed E-state index contributed by atoms with van der Waals surface area (Å²) in [5, 5.41) is 9.00. The molecule has 1 N–H and O–H groups in total. The fourth-order valence-corrected chi connectivity index (χ4v) is 2.74. The molecular formula is C14H16F3NO2. The smallest absolute Gasteiger partial charge is 0.417 e. The zero-order chi connectivity index (χ0) is 14.9. The first-order valence-electron chi connectivity index (χ1n) is 6.55. The number of alkyl halides is 3. The highest BCUT2D eigenvalue weighted by atomic mass is 19.4. The summed E-state index contributed by atoms with van der Waals surface area (Å²) in [5.41, 5.74) is -1.22. The molecule has 3 nitrogen and oxygen atoms in total. The van der Waals surface area contributed by atoms with Crippen molar-refractivity contribution in [3.63, 3.8) is 0 Å². The van der Waals surface area contributed by atoms with Gasteiger partial charge in [0.2, 0.25) is 0 Å². The average molecular weight is 287 g/mol. The highest BCUT2D eigenvalue weighted by Crippen LogP contribution is 2.35. The van der Waals surface area contributed by atoms with Gasteiger partial charge in [0.05, 0.1) is 11.1 Å². The second kappa shape index (κ2) is 5.34. The summed E-state index contributed by atoms with van der Waals surface area (Å²) >= 11 is 0. The number of anilines is 1. The lowest BCUT2D eigenvalue weighted by Gasteiger charge is -2.26. The molecule has 1 heterocycles. The van der Waals surface area contributed by atoms with Crippen LogP contribution in [0.4, 0.5) is 18.9 Å². The molecule has 20 heavy (non-hydrogen) atoms. The van der Waals surface area contributed by atoms with Crippen molar-refractivity contribution in [2.75, 3.05) is 11.4 Å². The summed E-state index contributed by atoms with van der Waals surface area (Å²) in [4.78, 5) is 13.1. The van der Waals surface area contributed by atoms with Crippen molar-refractivity contribution in [2.45, 2.75) is 38.4 Å². The first-order chi connectivity index (χ1) is 9.34. The summed E-state index contributed by atoms with van der Waals surface area (Å²) in [6.45, 7) is 2.77. The van der Waals surface area contributed by atoms with Crippen LogP contribution in [0.2, 0.25) is 0 Å². The van der Waals surface area contributed by atoms with Crippen molar-refractivity contribution >= 4 is 11.7 Å². The van der Waals surface area contributed by atoms with Gasteiger partial charge in [0, 0.05) is 18.3 Å². The zero-order valence-electron chi connectivity index (χ0n) is 11.1. The summed E-state index contributed by atoms with van der Waals surface area (Å²) < 4.78 is 38.4. The highest BCUT2D eigenvalue weighted by Gasteiger charge is 2.36. The molecule has 0 spiro atoms. The van der Waals surface area contributed by atoms with Gasteiger partial charge in [0.1, 0.15) is 0 Å². The van der Waals surface area contributed by atoms with E-state index in [1.807, 2.05) is 11.8 Å². The predicted octanol–water partition coefficient (Wildman–Crippen LogP) is 3.78. The first-order valence-corrected chi connectivity index (χ1v) is 6.55. The minimum absolute atomic E-state index is 0.272. The summed E-state index contributed by atoms with van der Waals surface area (Å²) in [6.07, 6.45) is -1.80. The van der Waals surface area contributed by atoms with Gasteiger partial charge >= 0.3 is 12.1 Å². The van der Waals surface area contributed by atoms with Crippen LogP contribution in [-0.2, 0) is 6.18 Å². The maximum atomic E-state index is 12.8. The van der Waals surface area contributed by atoms with Crippen LogP contribution in [-0.4, -0.2) is 23.7 Å². The Balaban J connectivity index is 2.43. The Bertz CT molecular complexity index is 514. The van der Waals surface area contributed by atoms with E-state index in [2.05, 4.69) is 0 Å². The van der Waals surface area contributed by atoms with Gasteiger partial charge in [-0.15, -0.1) is 0 Å². The van der Waals surface area contributed by atoms with E-state index in [0.717, 1.165) is 37.9 Å². The Hall–Kier alpha value is -1.72. The molecule has 1 aromatic carbocycles. The van der Waals surface area contributed by atoms with Crippen molar-refractivity contribution in [3.8, 4) is 0 Å². The zero-order valence-corrected chi connectivity index (χ0v) is 11.1. The van der Waals surface area contributed by atoms with E-state index in [9.17, 15) is 18.0 Å². The Morgan fingerprint density at radius 1 is 1.45 bits per heavy atom. The molecule has 0 radical (unpaired) electrons. The molecule has 6 heteroatoms. The van der Waals surface area contributed by atoms with Crippen molar-refractivity contribution in [3.05, 3.63) is 29.3 Å². The second-order valence-electron chi connectivity index (χ2n) is 4.93. The minimum atomic E-state index is -4.65. The number of halogens is 3. The Kier molecular flexibility index (Phi) is 3.92. The second-order valence-corrected chi connectivity index (χ2v) is 4.93. The summed E-state index contributed by atoms with van der Waals surface area (Å²) in [7, 11) is 0. The van der Waals surface area contributed by atoms with Crippen LogP contribution in [0.15, 0.2) is 18.2 Å². The van der Waals surface area contributed by atoms with Crippen LogP contribution in [0.5, 0.6) is 0 Å². The number of nitrogens with zero attached hydrogens (tertiary/aromatic N) is 1. The van der Waals surface area contributed by atoms with E-state index in [1.54, 1.807) is 0 Å². The highest BCUT2D eigenvalue weighted by molar-refractivity contribution is 5.91. The van der Waals surface area contributed by atoms with Crippen molar-refractivity contribution < 1.29 is 23.1 Å². The molecule has 2 rings (SSSR count). The van der Waals surface area contributed by atoms with Crippen LogP contribution >= 0.6 is 0 Å². The largest absolute Gasteiger partial charge is 0.478 e. The van der Waals surface area contributed by atoms with E-state index in [0.29, 0.717) is 5.69 Å². The molecule has 0 aromatic heterocycles. The third kappa shape index (κ3) is 2.73.